The Labute approximate surface area is 90.4 Å². The second kappa shape index (κ2) is 3.94. The zero-order valence-corrected chi connectivity index (χ0v) is 9.44. The lowest BCUT2D eigenvalue weighted by atomic mass is 10.1. The van der Waals surface area contributed by atoms with Gasteiger partial charge in [-0.05, 0) is 26.7 Å². The first-order valence-electron chi connectivity index (χ1n) is 5.43. The van der Waals surface area contributed by atoms with Crippen molar-refractivity contribution in [2.45, 2.75) is 44.9 Å². The third kappa shape index (κ3) is 3.04. The molecular weight excluding hydrogens is 190 g/mol. The van der Waals surface area contributed by atoms with E-state index in [0.29, 0.717) is 19.3 Å². The fraction of sp³-hybridized carbons (Fsp3) is 0.727. The van der Waals surface area contributed by atoms with Crippen molar-refractivity contribution >= 4 is 0 Å². The van der Waals surface area contributed by atoms with Crippen molar-refractivity contribution in [2.75, 3.05) is 6.61 Å². The SMILES string of the molecule is CC(C)(N)COCc1cncn1C1CC1. The van der Waals surface area contributed by atoms with Gasteiger partial charge >= 0.3 is 0 Å². The van der Waals surface area contributed by atoms with Gasteiger partial charge in [0, 0.05) is 11.6 Å². The summed E-state index contributed by atoms with van der Waals surface area (Å²) in [5.41, 5.74) is 6.73. The Morgan fingerprint density at radius 1 is 1.60 bits per heavy atom. The zero-order chi connectivity index (χ0) is 10.9. The van der Waals surface area contributed by atoms with Gasteiger partial charge in [0.15, 0.2) is 0 Å². The van der Waals surface area contributed by atoms with Gasteiger partial charge < -0.3 is 15.0 Å². The molecule has 1 saturated carbocycles. The van der Waals surface area contributed by atoms with Gasteiger partial charge in [-0.15, -0.1) is 0 Å². The molecule has 0 spiro atoms. The summed E-state index contributed by atoms with van der Waals surface area (Å²) >= 11 is 0. The third-order valence-corrected chi connectivity index (χ3v) is 2.41. The van der Waals surface area contributed by atoms with E-state index in [4.69, 9.17) is 10.5 Å². The van der Waals surface area contributed by atoms with E-state index >= 15 is 0 Å². The monoisotopic (exact) mass is 209 g/mol. The number of nitrogens with zero attached hydrogens (tertiary/aromatic N) is 2. The van der Waals surface area contributed by atoms with Crippen LogP contribution in [0.25, 0.3) is 0 Å². The van der Waals surface area contributed by atoms with Crippen LogP contribution in [0.4, 0.5) is 0 Å². The molecule has 1 aliphatic rings. The fourth-order valence-electron chi connectivity index (χ4n) is 1.54. The van der Waals surface area contributed by atoms with Gasteiger partial charge in [-0.1, -0.05) is 0 Å². The summed E-state index contributed by atoms with van der Waals surface area (Å²) in [4.78, 5) is 4.15. The van der Waals surface area contributed by atoms with Gasteiger partial charge in [-0.2, -0.15) is 0 Å². The van der Waals surface area contributed by atoms with Crippen molar-refractivity contribution in [1.82, 2.24) is 9.55 Å². The van der Waals surface area contributed by atoms with Crippen LogP contribution >= 0.6 is 0 Å². The van der Waals surface area contributed by atoms with Crippen molar-refractivity contribution in [2.24, 2.45) is 5.73 Å². The van der Waals surface area contributed by atoms with Crippen LogP contribution in [0.5, 0.6) is 0 Å². The van der Waals surface area contributed by atoms with Gasteiger partial charge in [0.25, 0.3) is 0 Å². The molecule has 4 heteroatoms. The quantitative estimate of drug-likeness (QED) is 0.799. The van der Waals surface area contributed by atoms with Crippen molar-refractivity contribution in [1.29, 1.82) is 0 Å². The van der Waals surface area contributed by atoms with E-state index in [-0.39, 0.29) is 5.54 Å². The van der Waals surface area contributed by atoms with E-state index < -0.39 is 0 Å². The van der Waals surface area contributed by atoms with Crippen LogP contribution in [-0.4, -0.2) is 21.7 Å². The van der Waals surface area contributed by atoms with Crippen LogP contribution in [0, 0.1) is 0 Å². The molecule has 1 aliphatic carbocycles. The first-order valence-corrected chi connectivity index (χ1v) is 5.43. The van der Waals surface area contributed by atoms with Crippen LogP contribution in [-0.2, 0) is 11.3 Å². The molecule has 0 bridgehead atoms. The van der Waals surface area contributed by atoms with Gasteiger partial charge in [0.2, 0.25) is 0 Å². The Bertz CT molecular complexity index is 323. The van der Waals surface area contributed by atoms with E-state index in [1.54, 1.807) is 0 Å². The maximum atomic E-state index is 5.84. The van der Waals surface area contributed by atoms with Crippen molar-refractivity contribution in [3.63, 3.8) is 0 Å². The van der Waals surface area contributed by atoms with Crippen molar-refractivity contribution in [3.05, 3.63) is 18.2 Å². The molecule has 0 aliphatic heterocycles. The minimum absolute atomic E-state index is 0.259. The van der Waals surface area contributed by atoms with Gasteiger partial charge in [0.05, 0.1) is 31.4 Å². The van der Waals surface area contributed by atoms with Crippen LogP contribution in [0.3, 0.4) is 0 Å². The highest BCUT2D eigenvalue weighted by atomic mass is 16.5. The Kier molecular flexibility index (Phi) is 2.80. The smallest absolute Gasteiger partial charge is 0.0951 e. The lowest BCUT2D eigenvalue weighted by Crippen LogP contribution is -2.37. The second-order valence-electron chi connectivity index (χ2n) is 5.00. The summed E-state index contributed by atoms with van der Waals surface area (Å²) in [5.74, 6) is 0. The Hall–Kier alpha value is -0.870. The first kappa shape index (κ1) is 10.6. The fourth-order valence-corrected chi connectivity index (χ4v) is 1.54. The van der Waals surface area contributed by atoms with Crippen LogP contribution in [0.1, 0.15) is 38.4 Å². The third-order valence-electron chi connectivity index (χ3n) is 2.41. The number of hydrogen-bond donors (Lipinski definition) is 1. The molecule has 84 valence electrons. The molecule has 0 amide bonds. The highest BCUT2D eigenvalue weighted by Crippen LogP contribution is 2.35. The molecule has 4 nitrogen and oxygen atoms in total. The topological polar surface area (TPSA) is 53.1 Å². The molecule has 2 rings (SSSR count). The van der Waals surface area contributed by atoms with E-state index in [0.717, 1.165) is 5.69 Å². The standard InChI is InChI=1S/C11H19N3O/c1-11(2,12)7-15-6-10-5-13-8-14(10)9-3-4-9/h5,8-9H,3-4,6-7,12H2,1-2H3. The highest BCUT2D eigenvalue weighted by molar-refractivity contribution is 5.02. The van der Waals surface area contributed by atoms with Crippen molar-refractivity contribution in [3.8, 4) is 0 Å². The minimum atomic E-state index is -0.259. The van der Waals surface area contributed by atoms with E-state index in [2.05, 4.69) is 9.55 Å². The normalized spacial score (nSPS) is 17.0. The Morgan fingerprint density at radius 2 is 2.33 bits per heavy atom. The van der Waals surface area contributed by atoms with Gasteiger partial charge in [0.1, 0.15) is 0 Å². The second-order valence-corrected chi connectivity index (χ2v) is 5.00. The number of nitrogens with two attached hydrogens (primary N) is 1. The summed E-state index contributed by atoms with van der Waals surface area (Å²) in [7, 11) is 0. The molecule has 1 fully saturated rings. The minimum Gasteiger partial charge on any atom is -0.373 e. The summed E-state index contributed by atoms with van der Waals surface area (Å²) in [6.45, 7) is 5.11. The number of aromatic nitrogens is 2. The zero-order valence-electron chi connectivity index (χ0n) is 9.44. The average molecular weight is 209 g/mol. The van der Waals surface area contributed by atoms with Crippen LogP contribution < -0.4 is 5.73 Å². The molecule has 0 unspecified atom stereocenters. The predicted octanol–water partition coefficient (Wildman–Crippen LogP) is 1.47. The molecule has 0 aromatic carbocycles. The molecule has 0 saturated heterocycles. The maximum Gasteiger partial charge on any atom is 0.0951 e. The van der Waals surface area contributed by atoms with E-state index in [1.807, 2.05) is 26.4 Å². The number of hydrogen-bond acceptors (Lipinski definition) is 3. The largest absolute Gasteiger partial charge is 0.373 e. The van der Waals surface area contributed by atoms with E-state index in [1.165, 1.54) is 12.8 Å². The lowest BCUT2D eigenvalue weighted by Gasteiger charge is -2.18. The van der Waals surface area contributed by atoms with Crippen molar-refractivity contribution < 1.29 is 4.74 Å². The lowest BCUT2D eigenvalue weighted by molar-refractivity contribution is 0.0810. The molecular formula is C11H19N3O. The Balaban J connectivity index is 1.85. The predicted molar refractivity (Wildman–Crippen MR) is 58.4 cm³/mol. The molecule has 1 heterocycles. The molecule has 15 heavy (non-hydrogen) atoms. The Morgan fingerprint density at radius 3 is 2.93 bits per heavy atom. The molecule has 0 radical (unpaired) electrons. The number of imidazole rings is 1. The number of rotatable bonds is 5. The summed E-state index contributed by atoms with van der Waals surface area (Å²) in [6.07, 6.45) is 6.31. The van der Waals surface area contributed by atoms with E-state index in [9.17, 15) is 0 Å². The first-order chi connectivity index (χ1) is 7.06. The van der Waals surface area contributed by atoms with Gasteiger partial charge in [-0.25, -0.2) is 4.98 Å². The highest BCUT2D eigenvalue weighted by Gasteiger charge is 2.25. The summed E-state index contributed by atoms with van der Waals surface area (Å²) in [6, 6.07) is 0.664. The molecule has 1 aromatic heterocycles. The average Bonchev–Trinajstić information content (AvgIpc) is 2.86. The molecule has 2 N–H and O–H groups in total. The summed E-state index contributed by atoms with van der Waals surface area (Å²) in [5, 5.41) is 0. The molecule has 1 aromatic rings. The van der Waals surface area contributed by atoms with Gasteiger partial charge in [-0.3, -0.25) is 0 Å². The number of ether oxygens (including phenoxy) is 1. The molecule has 0 atom stereocenters. The van der Waals surface area contributed by atoms with Crippen LogP contribution in [0.2, 0.25) is 0 Å². The summed E-state index contributed by atoms with van der Waals surface area (Å²) < 4.78 is 7.79. The maximum absolute atomic E-state index is 5.84. The van der Waals surface area contributed by atoms with Crippen LogP contribution in [0.15, 0.2) is 12.5 Å².